The summed E-state index contributed by atoms with van der Waals surface area (Å²) < 4.78 is 9.16. The second-order valence-corrected chi connectivity index (χ2v) is 16.0. The first-order chi connectivity index (χ1) is 29.3. The van der Waals surface area contributed by atoms with E-state index in [9.17, 15) is 0 Å². The van der Waals surface area contributed by atoms with Gasteiger partial charge >= 0.3 is 0 Å². The third kappa shape index (κ3) is 5.47. The third-order valence-electron chi connectivity index (χ3n) is 11.5. The molecule has 0 atom stereocenters. The average Bonchev–Trinajstić information content (AvgIpc) is 3.83. The summed E-state index contributed by atoms with van der Waals surface area (Å²) in [7, 11) is 0. The van der Waals surface area contributed by atoms with Crippen molar-refractivity contribution in [3.8, 4) is 16.8 Å². The SMILES string of the molecule is c1ccc(-c2ccc3c(c2)oc2cc(N(c4ccc5c6c(n(-c7ccccc7)c5c4)N(c4ccccc4)c4ccccc4S6)c4cccc5ccccc45)ccc23)cc1. The number of aromatic nitrogens is 1. The molecule has 9 aromatic carbocycles. The summed E-state index contributed by atoms with van der Waals surface area (Å²) in [6.07, 6.45) is 0. The Balaban J connectivity index is 1.10. The summed E-state index contributed by atoms with van der Waals surface area (Å²) in [5.74, 6) is 1.13. The van der Waals surface area contributed by atoms with Gasteiger partial charge < -0.3 is 9.32 Å². The molecular formula is C54H35N3OS. The number of anilines is 6. The molecule has 0 amide bonds. The molecule has 0 spiro atoms. The van der Waals surface area contributed by atoms with Crippen LogP contribution in [0.1, 0.15) is 0 Å². The van der Waals surface area contributed by atoms with Gasteiger partial charge in [-0.3, -0.25) is 9.47 Å². The van der Waals surface area contributed by atoms with Crippen LogP contribution in [0.15, 0.2) is 227 Å². The van der Waals surface area contributed by atoms with Gasteiger partial charge in [-0.25, -0.2) is 0 Å². The lowest BCUT2D eigenvalue weighted by Gasteiger charge is -2.32. The molecule has 11 aromatic rings. The summed E-state index contributed by atoms with van der Waals surface area (Å²) in [4.78, 5) is 7.28. The van der Waals surface area contributed by atoms with Crippen molar-refractivity contribution in [2.45, 2.75) is 9.79 Å². The van der Waals surface area contributed by atoms with Gasteiger partial charge in [0.2, 0.25) is 0 Å². The van der Waals surface area contributed by atoms with Gasteiger partial charge in [-0.2, -0.15) is 0 Å². The zero-order valence-corrected chi connectivity index (χ0v) is 32.7. The van der Waals surface area contributed by atoms with Gasteiger partial charge in [-0.1, -0.05) is 133 Å². The van der Waals surface area contributed by atoms with Crippen LogP contribution >= 0.6 is 11.8 Å². The van der Waals surface area contributed by atoms with E-state index in [2.05, 4.69) is 227 Å². The Morgan fingerprint density at radius 1 is 0.441 bits per heavy atom. The van der Waals surface area contributed by atoms with Crippen LogP contribution in [0.2, 0.25) is 0 Å². The van der Waals surface area contributed by atoms with E-state index in [1.54, 1.807) is 0 Å². The Morgan fingerprint density at radius 3 is 1.88 bits per heavy atom. The molecule has 0 bridgehead atoms. The van der Waals surface area contributed by atoms with E-state index in [4.69, 9.17) is 4.42 Å². The highest BCUT2D eigenvalue weighted by Crippen LogP contribution is 2.56. The lowest BCUT2D eigenvalue weighted by Crippen LogP contribution is -2.17. The summed E-state index contributed by atoms with van der Waals surface area (Å²) in [6.45, 7) is 0. The number of para-hydroxylation sites is 3. The van der Waals surface area contributed by atoms with Crippen molar-refractivity contribution in [2.75, 3.05) is 9.80 Å². The van der Waals surface area contributed by atoms with Crippen molar-refractivity contribution in [3.05, 3.63) is 212 Å². The summed E-state index contributed by atoms with van der Waals surface area (Å²) >= 11 is 1.85. The maximum atomic E-state index is 6.71. The first kappa shape index (κ1) is 33.6. The number of nitrogens with zero attached hydrogens (tertiary/aromatic N) is 3. The molecule has 59 heavy (non-hydrogen) atoms. The summed E-state index contributed by atoms with van der Waals surface area (Å²) in [5.41, 5.74) is 11.7. The van der Waals surface area contributed by atoms with Gasteiger partial charge in [0.25, 0.3) is 0 Å². The van der Waals surface area contributed by atoms with Crippen molar-refractivity contribution < 1.29 is 4.42 Å². The number of rotatable bonds is 6. The molecular weight excluding hydrogens is 739 g/mol. The number of fused-ring (bicyclic) bond motifs is 8. The fourth-order valence-corrected chi connectivity index (χ4v) is 10.0. The molecule has 1 aliphatic heterocycles. The largest absolute Gasteiger partial charge is 0.456 e. The Bertz CT molecular complexity index is 3370. The van der Waals surface area contributed by atoms with Gasteiger partial charge in [0.15, 0.2) is 0 Å². The van der Waals surface area contributed by atoms with Crippen LogP contribution < -0.4 is 9.80 Å². The topological polar surface area (TPSA) is 24.6 Å². The number of hydrogen-bond acceptors (Lipinski definition) is 4. The molecule has 12 rings (SSSR count). The summed E-state index contributed by atoms with van der Waals surface area (Å²) in [6, 6.07) is 76.1. The predicted molar refractivity (Wildman–Crippen MR) is 247 cm³/mol. The molecule has 0 fully saturated rings. The van der Waals surface area contributed by atoms with Crippen molar-refractivity contribution in [1.29, 1.82) is 0 Å². The maximum absolute atomic E-state index is 6.71. The molecule has 0 radical (unpaired) electrons. The van der Waals surface area contributed by atoms with Crippen LogP contribution in [-0.4, -0.2) is 4.57 Å². The van der Waals surface area contributed by atoms with Crippen LogP contribution in [-0.2, 0) is 0 Å². The van der Waals surface area contributed by atoms with Gasteiger partial charge in [0, 0.05) is 55.3 Å². The molecule has 0 unspecified atom stereocenters. The molecule has 0 aliphatic carbocycles. The summed E-state index contributed by atoms with van der Waals surface area (Å²) in [5, 5.41) is 5.77. The minimum Gasteiger partial charge on any atom is -0.456 e. The minimum absolute atomic E-state index is 0.852. The molecule has 0 saturated heterocycles. The highest BCUT2D eigenvalue weighted by molar-refractivity contribution is 8.00. The molecule has 0 N–H and O–H groups in total. The maximum Gasteiger partial charge on any atom is 0.137 e. The van der Waals surface area contributed by atoms with E-state index in [0.717, 1.165) is 67.3 Å². The Labute approximate surface area is 345 Å². The fraction of sp³-hybridized carbons (Fsp3) is 0. The van der Waals surface area contributed by atoms with Crippen LogP contribution in [0.4, 0.5) is 34.3 Å². The average molecular weight is 774 g/mol. The Hall–Kier alpha value is -7.47. The Morgan fingerprint density at radius 2 is 1.07 bits per heavy atom. The monoisotopic (exact) mass is 773 g/mol. The van der Waals surface area contributed by atoms with E-state index in [0.29, 0.717) is 0 Å². The van der Waals surface area contributed by atoms with Crippen LogP contribution in [0, 0.1) is 0 Å². The fourth-order valence-electron chi connectivity index (χ4n) is 8.85. The second kappa shape index (κ2) is 13.6. The van der Waals surface area contributed by atoms with E-state index >= 15 is 0 Å². The van der Waals surface area contributed by atoms with Crippen LogP contribution in [0.25, 0.3) is 60.4 Å². The molecule has 1 aliphatic rings. The quantitative estimate of drug-likeness (QED) is 0.168. The highest BCUT2D eigenvalue weighted by Gasteiger charge is 2.32. The zero-order chi connectivity index (χ0) is 38.9. The van der Waals surface area contributed by atoms with Crippen molar-refractivity contribution in [1.82, 2.24) is 4.57 Å². The first-order valence-electron chi connectivity index (χ1n) is 19.9. The van der Waals surface area contributed by atoms with E-state index in [1.807, 2.05) is 11.8 Å². The van der Waals surface area contributed by atoms with Crippen molar-refractivity contribution in [3.63, 3.8) is 0 Å². The zero-order valence-electron chi connectivity index (χ0n) is 31.9. The molecule has 2 aromatic heterocycles. The molecule has 278 valence electrons. The van der Waals surface area contributed by atoms with Crippen molar-refractivity contribution in [2.24, 2.45) is 0 Å². The molecule has 4 nitrogen and oxygen atoms in total. The highest BCUT2D eigenvalue weighted by atomic mass is 32.2. The predicted octanol–water partition coefficient (Wildman–Crippen LogP) is 15.8. The van der Waals surface area contributed by atoms with Gasteiger partial charge in [0.1, 0.15) is 17.0 Å². The molecule has 5 heteroatoms. The van der Waals surface area contributed by atoms with E-state index < -0.39 is 0 Å². The van der Waals surface area contributed by atoms with Gasteiger partial charge in [-0.15, -0.1) is 0 Å². The van der Waals surface area contributed by atoms with Crippen molar-refractivity contribution >= 4 is 89.6 Å². The lowest BCUT2D eigenvalue weighted by atomic mass is 10.0. The van der Waals surface area contributed by atoms with E-state index in [1.165, 1.54) is 37.2 Å². The second-order valence-electron chi connectivity index (χ2n) is 15.0. The number of benzene rings is 9. The van der Waals surface area contributed by atoms with Crippen LogP contribution in [0.3, 0.4) is 0 Å². The smallest absolute Gasteiger partial charge is 0.137 e. The first-order valence-corrected chi connectivity index (χ1v) is 20.7. The normalized spacial score (nSPS) is 12.3. The standard InChI is InChI=1S/C54H35N3OS/c1-4-15-36(16-5-1)38-27-30-44-45-31-28-42(35-51(45)58-50(44)33-38)55(47-25-14-18-37-17-10-11-23-43(37)47)41-29-32-46-49(34-41)57(40-21-8-3-9-22-40)54-53(46)59-52-26-13-12-24-48(52)56(54)39-19-6-2-7-20-39/h1-35H. The third-order valence-corrected chi connectivity index (χ3v) is 12.7. The van der Waals surface area contributed by atoms with Gasteiger partial charge in [0.05, 0.1) is 21.8 Å². The number of furan rings is 1. The number of hydrogen-bond donors (Lipinski definition) is 0. The molecule has 0 saturated carbocycles. The lowest BCUT2D eigenvalue weighted by molar-refractivity contribution is 0.669. The van der Waals surface area contributed by atoms with Gasteiger partial charge in [-0.05, 0) is 101 Å². The Kier molecular flexibility index (Phi) is 7.75. The minimum atomic E-state index is 0.852. The van der Waals surface area contributed by atoms with Crippen LogP contribution in [0.5, 0.6) is 0 Å². The molecule has 3 heterocycles. The van der Waals surface area contributed by atoms with E-state index in [-0.39, 0.29) is 0 Å².